The number of aryl methyl sites for hydroxylation is 1. The minimum atomic E-state index is 0.729. The molecule has 0 aliphatic rings. The van der Waals surface area contributed by atoms with Crippen LogP contribution in [-0.2, 0) is 6.42 Å². The maximum Gasteiger partial charge on any atom is 0.133 e. The maximum atomic E-state index is 5.75. The van der Waals surface area contributed by atoms with E-state index < -0.39 is 0 Å². The Labute approximate surface area is 81.7 Å². The molecule has 0 radical (unpaired) electrons. The van der Waals surface area contributed by atoms with Crippen molar-refractivity contribution in [3.05, 3.63) is 30.3 Å². The van der Waals surface area contributed by atoms with Gasteiger partial charge in [-0.15, -0.1) is 0 Å². The molecule has 0 spiro atoms. The molecule has 2 aromatic rings. The van der Waals surface area contributed by atoms with Gasteiger partial charge in [-0.25, -0.2) is 0 Å². The molecular formula is C10H11N3O. The minimum Gasteiger partial charge on any atom is -0.397 e. The largest absolute Gasteiger partial charge is 0.397 e. The zero-order valence-corrected chi connectivity index (χ0v) is 7.90. The summed E-state index contributed by atoms with van der Waals surface area (Å²) < 4.78 is 4.75. The molecule has 0 atom stereocenters. The summed E-state index contributed by atoms with van der Waals surface area (Å²) in [5.41, 5.74) is 9.29. The quantitative estimate of drug-likeness (QED) is 0.783. The van der Waals surface area contributed by atoms with E-state index in [0.29, 0.717) is 0 Å². The Kier molecular flexibility index (Phi) is 2.18. The summed E-state index contributed by atoms with van der Waals surface area (Å²) in [6.07, 6.45) is 5.77. The Morgan fingerprint density at radius 2 is 2.29 bits per heavy atom. The first-order valence-electron chi connectivity index (χ1n) is 4.45. The van der Waals surface area contributed by atoms with Crippen LogP contribution in [0.4, 0.5) is 5.69 Å². The predicted octanol–water partition coefficient (Wildman–Crippen LogP) is 1.88. The zero-order valence-electron chi connectivity index (χ0n) is 7.90. The van der Waals surface area contributed by atoms with Crippen LogP contribution in [0.15, 0.2) is 29.2 Å². The highest BCUT2D eigenvalue weighted by atomic mass is 16.5. The molecule has 2 aromatic heterocycles. The molecular weight excluding hydrogens is 178 g/mol. The van der Waals surface area contributed by atoms with Crippen molar-refractivity contribution in [2.75, 3.05) is 5.73 Å². The van der Waals surface area contributed by atoms with Crippen LogP contribution < -0.4 is 5.73 Å². The maximum absolute atomic E-state index is 5.75. The van der Waals surface area contributed by atoms with Gasteiger partial charge in [-0.1, -0.05) is 12.1 Å². The summed E-state index contributed by atoms with van der Waals surface area (Å²) in [6.45, 7) is 2.06. The SMILES string of the molecule is CCc1cc(-c2cnoc2)ncc1N. The van der Waals surface area contributed by atoms with Crippen molar-refractivity contribution in [2.24, 2.45) is 0 Å². The van der Waals surface area contributed by atoms with Gasteiger partial charge in [0.2, 0.25) is 0 Å². The first-order chi connectivity index (χ1) is 6.81. The molecule has 4 nitrogen and oxygen atoms in total. The van der Waals surface area contributed by atoms with Crippen molar-refractivity contribution >= 4 is 5.69 Å². The number of nitrogen functional groups attached to an aromatic ring is 1. The molecule has 0 aliphatic carbocycles. The second-order valence-electron chi connectivity index (χ2n) is 3.04. The van der Waals surface area contributed by atoms with E-state index in [9.17, 15) is 0 Å². The molecule has 2 heterocycles. The van der Waals surface area contributed by atoms with Crippen molar-refractivity contribution in [2.45, 2.75) is 13.3 Å². The first kappa shape index (κ1) is 8.74. The Hall–Kier alpha value is -1.84. The molecule has 14 heavy (non-hydrogen) atoms. The van der Waals surface area contributed by atoms with Gasteiger partial charge in [-0.05, 0) is 18.1 Å². The number of hydrogen-bond acceptors (Lipinski definition) is 4. The van der Waals surface area contributed by atoms with Gasteiger partial charge in [0.05, 0.1) is 29.3 Å². The minimum absolute atomic E-state index is 0.729. The van der Waals surface area contributed by atoms with E-state index in [1.165, 1.54) is 0 Å². The number of nitrogens with zero attached hydrogens (tertiary/aromatic N) is 2. The lowest BCUT2D eigenvalue weighted by molar-refractivity contribution is 0.420. The Morgan fingerprint density at radius 1 is 1.43 bits per heavy atom. The number of hydrogen-bond donors (Lipinski definition) is 1. The van der Waals surface area contributed by atoms with E-state index >= 15 is 0 Å². The number of aromatic nitrogens is 2. The summed E-state index contributed by atoms with van der Waals surface area (Å²) in [5.74, 6) is 0. The summed E-state index contributed by atoms with van der Waals surface area (Å²) in [7, 11) is 0. The summed E-state index contributed by atoms with van der Waals surface area (Å²) in [6, 6.07) is 1.96. The van der Waals surface area contributed by atoms with Crippen LogP contribution in [0.25, 0.3) is 11.3 Å². The average Bonchev–Trinajstić information content (AvgIpc) is 2.71. The smallest absolute Gasteiger partial charge is 0.133 e. The monoisotopic (exact) mass is 189 g/mol. The summed E-state index contributed by atoms with van der Waals surface area (Å²) >= 11 is 0. The molecule has 0 bridgehead atoms. The van der Waals surface area contributed by atoms with Crippen LogP contribution in [0.3, 0.4) is 0 Å². The number of anilines is 1. The van der Waals surface area contributed by atoms with Gasteiger partial charge in [-0.3, -0.25) is 4.98 Å². The highest BCUT2D eigenvalue weighted by molar-refractivity contribution is 5.61. The normalized spacial score (nSPS) is 10.4. The van der Waals surface area contributed by atoms with Crippen molar-refractivity contribution in [1.82, 2.24) is 10.1 Å². The molecule has 0 fully saturated rings. The van der Waals surface area contributed by atoms with Crippen molar-refractivity contribution in [3.8, 4) is 11.3 Å². The molecule has 2 rings (SSSR count). The van der Waals surface area contributed by atoms with Crippen LogP contribution in [0.5, 0.6) is 0 Å². The number of pyridine rings is 1. The number of rotatable bonds is 2. The third-order valence-electron chi connectivity index (χ3n) is 2.13. The second-order valence-corrected chi connectivity index (χ2v) is 3.04. The lowest BCUT2D eigenvalue weighted by Crippen LogP contribution is -1.95. The highest BCUT2D eigenvalue weighted by Gasteiger charge is 2.04. The Balaban J connectivity index is 2.46. The van der Waals surface area contributed by atoms with Gasteiger partial charge < -0.3 is 10.3 Å². The molecule has 0 unspecified atom stereocenters. The van der Waals surface area contributed by atoms with Gasteiger partial charge in [-0.2, -0.15) is 0 Å². The van der Waals surface area contributed by atoms with Crippen molar-refractivity contribution < 1.29 is 4.52 Å². The molecule has 0 saturated heterocycles. The van der Waals surface area contributed by atoms with Crippen LogP contribution in [0.2, 0.25) is 0 Å². The van der Waals surface area contributed by atoms with E-state index in [1.54, 1.807) is 18.7 Å². The fourth-order valence-electron chi connectivity index (χ4n) is 1.30. The van der Waals surface area contributed by atoms with Crippen molar-refractivity contribution in [3.63, 3.8) is 0 Å². The predicted molar refractivity (Wildman–Crippen MR) is 53.5 cm³/mol. The first-order valence-corrected chi connectivity index (χ1v) is 4.45. The van der Waals surface area contributed by atoms with Crippen LogP contribution >= 0.6 is 0 Å². The van der Waals surface area contributed by atoms with Gasteiger partial charge in [0.25, 0.3) is 0 Å². The lowest BCUT2D eigenvalue weighted by Gasteiger charge is -2.03. The molecule has 4 heteroatoms. The Morgan fingerprint density at radius 3 is 2.93 bits per heavy atom. The zero-order chi connectivity index (χ0) is 9.97. The highest BCUT2D eigenvalue weighted by Crippen LogP contribution is 2.20. The van der Waals surface area contributed by atoms with E-state index in [-0.39, 0.29) is 0 Å². The van der Waals surface area contributed by atoms with Crippen LogP contribution in [0, 0.1) is 0 Å². The van der Waals surface area contributed by atoms with Gasteiger partial charge in [0.15, 0.2) is 0 Å². The third-order valence-corrected chi connectivity index (χ3v) is 2.13. The summed E-state index contributed by atoms with van der Waals surface area (Å²) in [4.78, 5) is 4.20. The molecule has 0 aromatic carbocycles. The van der Waals surface area contributed by atoms with E-state index in [2.05, 4.69) is 17.1 Å². The molecule has 2 N–H and O–H groups in total. The van der Waals surface area contributed by atoms with Crippen molar-refractivity contribution in [1.29, 1.82) is 0 Å². The molecule has 0 saturated carbocycles. The molecule has 0 aliphatic heterocycles. The average molecular weight is 189 g/mol. The lowest BCUT2D eigenvalue weighted by atomic mass is 10.1. The van der Waals surface area contributed by atoms with Gasteiger partial charge in [0.1, 0.15) is 6.26 Å². The van der Waals surface area contributed by atoms with E-state index in [0.717, 1.165) is 28.9 Å². The standard InChI is InChI=1S/C10H11N3O/c1-2-7-3-10(12-5-9(7)11)8-4-13-14-6-8/h3-6H,2,11H2,1H3. The summed E-state index contributed by atoms with van der Waals surface area (Å²) in [5, 5.41) is 3.63. The number of nitrogens with two attached hydrogens (primary N) is 1. The van der Waals surface area contributed by atoms with Crippen LogP contribution in [0.1, 0.15) is 12.5 Å². The Bertz CT molecular complexity index is 423. The van der Waals surface area contributed by atoms with Gasteiger partial charge >= 0.3 is 0 Å². The van der Waals surface area contributed by atoms with Gasteiger partial charge in [0, 0.05) is 0 Å². The fourth-order valence-corrected chi connectivity index (χ4v) is 1.30. The van der Waals surface area contributed by atoms with Crippen LogP contribution in [-0.4, -0.2) is 10.1 Å². The van der Waals surface area contributed by atoms with E-state index in [1.807, 2.05) is 6.07 Å². The third kappa shape index (κ3) is 1.46. The fraction of sp³-hybridized carbons (Fsp3) is 0.200. The second kappa shape index (κ2) is 3.49. The molecule has 72 valence electrons. The topological polar surface area (TPSA) is 64.9 Å². The van der Waals surface area contributed by atoms with E-state index in [4.69, 9.17) is 10.3 Å². The molecule has 0 amide bonds.